The maximum Gasteiger partial charge on any atom is 0.303 e. The molecular weight excluding hydrogens is 264 g/mol. The third-order valence-corrected chi connectivity index (χ3v) is 3.46. The van der Waals surface area contributed by atoms with Gasteiger partial charge in [-0.2, -0.15) is 0 Å². The quantitative estimate of drug-likeness (QED) is 0.541. The highest BCUT2D eigenvalue weighted by Gasteiger charge is 2.15. The van der Waals surface area contributed by atoms with E-state index in [1.165, 1.54) is 6.92 Å². The molecule has 0 aliphatic heterocycles. The number of carbonyl (C=O) groups is 1. The first kappa shape index (κ1) is 13.5. The van der Waals surface area contributed by atoms with E-state index in [0.717, 1.165) is 27.5 Å². The Labute approximate surface area is 122 Å². The fourth-order valence-corrected chi connectivity index (χ4v) is 2.47. The van der Waals surface area contributed by atoms with Gasteiger partial charge in [-0.25, -0.2) is 4.98 Å². The van der Waals surface area contributed by atoms with E-state index in [2.05, 4.69) is 9.97 Å². The van der Waals surface area contributed by atoms with E-state index in [1.54, 1.807) is 6.20 Å². The fraction of sp³-hybridized carbons (Fsp3) is 0.235. The number of pyridine rings is 2. The molecule has 3 aromatic rings. The second-order valence-corrected chi connectivity index (χ2v) is 4.95. The van der Waals surface area contributed by atoms with E-state index >= 15 is 0 Å². The summed E-state index contributed by atoms with van der Waals surface area (Å²) in [6.07, 6.45) is 2.14. The summed E-state index contributed by atoms with van der Waals surface area (Å²) in [5, 5.41) is 2.08. The average molecular weight is 280 g/mol. The Bertz CT molecular complexity index is 814. The number of fused-ring (bicyclic) bond motifs is 3. The smallest absolute Gasteiger partial charge is 0.303 e. The van der Waals surface area contributed by atoms with Gasteiger partial charge in [-0.3, -0.25) is 9.78 Å². The number of ether oxygens (including phenoxy) is 1. The first-order valence-electron chi connectivity index (χ1n) is 7.00. The second kappa shape index (κ2) is 5.48. The number of nitrogens with zero attached hydrogens (tertiary/aromatic N) is 2. The van der Waals surface area contributed by atoms with Gasteiger partial charge in [0.05, 0.1) is 16.7 Å². The molecule has 0 saturated carbocycles. The molecule has 0 saturated heterocycles. The van der Waals surface area contributed by atoms with Gasteiger partial charge < -0.3 is 4.74 Å². The molecule has 1 atom stereocenters. The van der Waals surface area contributed by atoms with Crippen molar-refractivity contribution in [3.05, 3.63) is 48.3 Å². The molecule has 106 valence electrons. The Morgan fingerprint density at radius 3 is 2.57 bits per heavy atom. The van der Waals surface area contributed by atoms with Crippen LogP contribution in [-0.2, 0) is 9.53 Å². The molecule has 0 aliphatic rings. The van der Waals surface area contributed by atoms with Crippen LogP contribution in [0.15, 0.2) is 42.6 Å². The van der Waals surface area contributed by atoms with Crippen molar-refractivity contribution in [2.24, 2.45) is 0 Å². The maximum atomic E-state index is 11.2. The van der Waals surface area contributed by atoms with Crippen molar-refractivity contribution in [3.8, 4) is 0 Å². The molecule has 0 amide bonds. The highest BCUT2D eigenvalue weighted by Crippen LogP contribution is 2.26. The van der Waals surface area contributed by atoms with Crippen LogP contribution < -0.4 is 0 Å². The summed E-state index contributed by atoms with van der Waals surface area (Å²) in [4.78, 5) is 20.3. The first-order valence-corrected chi connectivity index (χ1v) is 7.00. The molecule has 1 unspecified atom stereocenters. The third-order valence-electron chi connectivity index (χ3n) is 3.46. The van der Waals surface area contributed by atoms with Gasteiger partial charge in [-0.1, -0.05) is 31.2 Å². The predicted octanol–water partition coefficient (Wildman–Crippen LogP) is 3.80. The van der Waals surface area contributed by atoms with E-state index in [-0.39, 0.29) is 12.1 Å². The van der Waals surface area contributed by atoms with Gasteiger partial charge in [0.2, 0.25) is 0 Å². The van der Waals surface area contributed by atoms with Crippen LogP contribution in [0, 0.1) is 0 Å². The fourth-order valence-electron chi connectivity index (χ4n) is 2.47. The van der Waals surface area contributed by atoms with Crippen molar-refractivity contribution in [3.63, 3.8) is 0 Å². The standard InChI is InChI=1S/C17H16N2O2/c1-3-15(21-11(2)20)14-9-8-13-7-6-12-5-4-10-18-16(12)17(13)19-14/h4-10,15H,3H2,1-2H3. The van der Waals surface area contributed by atoms with Gasteiger partial charge in [0.25, 0.3) is 0 Å². The van der Waals surface area contributed by atoms with Crippen LogP contribution in [0.1, 0.15) is 32.1 Å². The van der Waals surface area contributed by atoms with Gasteiger partial charge in [0.1, 0.15) is 6.10 Å². The zero-order valence-corrected chi connectivity index (χ0v) is 12.0. The molecule has 2 aromatic heterocycles. The minimum Gasteiger partial charge on any atom is -0.456 e. The van der Waals surface area contributed by atoms with E-state index in [4.69, 9.17) is 4.74 Å². The summed E-state index contributed by atoms with van der Waals surface area (Å²) < 4.78 is 5.32. The molecule has 0 spiro atoms. The van der Waals surface area contributed by atoms with Crippen LogP contribution >= 0.6 is 0 Å². The van der Waals surface area contributed by atoms with Gasteiger partial charge in [0, 0.05) is 23.9 Å². The number of hydrogen-bond donors (Lipinski definition) is 0. The van der Waals surface area contributed by atoms with E-state index in [1.807, 2.05) is 43.3 Å². The molecule has 2 heterocycles. The lowest BCUT2D eigenvalue weighted by molar-refractivity contribution is -0.147. The van der Waals surface area contributed by atoms with Crippen molar-refractivity contribution in [2.75, 3.05) is 0 Å². The Morgan fingerprint density at radius 1 is 1.14 bits per heavy atom. The van der Waals surface area contributed by atoms with E-state index < -0.39 is 0 Å². The lowest BCUT2D eigenvalue weighted by Crippen LogP contribution is -2.09. The molecule has 0 bridgehead atoms. The summed E-state index contributed by atoms with van der Waals surface area (Å²) in [6, 6.07) is 11.9. The normalized spacial score (nSPS) is 12.5. The minimum atomic E-state index is -0.314. The Kier molecular flexibility index (Phi) is 3.52. The molecule has 1 aromatic carbocycles. The number of carbonyl (C=O) groups excluding carboxylic acids is 1. The van der Waals surface area contributed by atoms with Gasteiger partial charge in [-0.05, 0) is 18.6 Å². The van der Waals surface area contributed by atoms with Crippen molar-refractivity contribution in [1.82, 2.24) is 9.97 Å². The Morgan fingerprint density at radius 2 is 1.86 bits per heavy atom. The van der Waals surface area contributed by atoms with Gasteiger partial charge >= 0.3 is 5.97 Å². The summed E-state index contributed by atoms with van der Waals surface area (Å²) >= 11 is 0. The molecular formula is C17H16N2O2. The minimum absolute atomic E-state index is 0.292. The van der Waals surface area contributed by atoms with Crippen LogP contribution in [0.3, 0.4) is 0 Å². The molecule has 21 heavy (non-hydrogen) atoms. The monoisotopic (exact) mass is 280 g/mol. The largest absolute Gasteiger partial charge is 0.456 e. The highest BCUT2D eigenvalue weighted by atomic mass is 16.5. The molecule has 0 radical (unpaired) electrons. The van der Waals surface area contributed by atoms with E-state index in [0.29, 0.717) is 6.42 Å². The van der Waals surface area contributed by atoms with Gasteiger partial charge in [0.15, 0.2) is 0 Å². The van der Waals surface area contributed by atoms with Crippen LogP contribution in [0.2, 0.25) is 0 Å². The summed E-state index contributed by atoms with van der Waals surface area (Å²) in [5.41, 5.74) is 2.48. The number of hydrogen-bond acceptors (Lipinski definition) is 4. The molecule has 0 aliphatic carbocycles. The second-order valence-electron chi connectivity index (χ2n) is 4.95. The third kappa shape index (κ3) is 2.57. The Hall–Kier alpha value is -2.49. The van der Waals surface area contributed by atoms with E-state index in [9.17, 15) is 4.79 Å². The van der Waals surface area contributed by atoms with Gasteiger partial charge in [-0.15, -0.1) is 0 Å². The topological polar surface area (TPSA) is 52.1 Å². The molecule has 0 fully saturated rings. The number of benzene rings is 1. The maximum absolute atomic E-state index is 11.2. The highest BCUT2D eigenvalue weighted by molar-refractivity contribution is 6.02. The van der Waals surface area contributed by atoms with Crippen molar-refractivity contribution in [1.29, 1.82) is 0 Å². The zero-order valence-electron chi connectivity index (χ0n) is 12.0. The Balaban J connectivity index is 2.17. The van der Waals surface area contributed by atoms with Crippen molar-refractivity contribution in [2.45, 2.75) is 26.4 Å². The summed E-state index contributed by atoms with van der Waals surface area (Å²) in [5.74, 6) is -0.292. The molecule has 4 nitrogen and oxygen atoms in total. The SMILES string of the molecule is CCC(OC(C)=O)c1ccc2ccc3cccnc3c2n1. The molecule has 4 heteroatoms. The summed E-state index contributed by atoms with van der Waals surface area (Å²) in [6.45, 7) is 3.39. The van der Waals surface area contributed by atoms with Crippen molar-refractivity contribution >= 4 is 27.8 Å². The molecule has 0 N–H and O–H groups in total. The lowest BCUT2D eigenvalue weighted by atomic mass is 10.1. The summed E-state index contributed by atoms with van der Waals surface area (Å²) in [7, 11) is 0. The van der Waals surface area contributed by atoms with Crippen LogP contribution in [0.25, 0.3) is 21.8 Å². The average Bonchev–Trinajstić information content (AvgIpc) is 2.51. The number of rotatable bonds is 3. The van der Waals surface area contributed by atoms with Crippen LogP contribution in [0.5, 0.6) is 0 Å². The lowest BCUT2D eigenvalue weighted by Gasteiger charge is -2.15. The predicted molar refractivity (Wildman–Crippen MR) is 81.8 cm³/mol. The molecule has 3 rings (SSSR count). The zero-order chi connectivity index (χ0) is 14.8. The number of esters is 1. The van der Waals surface area contributed by atoms with Crippen LogP contribution in [0.4, 0.5) is 0 Å². The van der Waals surface area contributed by atoms with Crippen molar-refractivity contribution < 1.29 is 9.53 Å². The number of aromatic nitrogens is 2. The van der Waals surface area contributed by atoms with Crippen LogP contribution in [-0.4, -0.2) is 15.9 Å². The first-order chi connectivity index (χ1) is 10.2.